The minimum absolute atomic E-state index is 0.0136. The van der Waals surface area contributed by atoms with E-state index in [4.69, 9.17) is 9.47 Å². The molecule has 5 heteroatoms. The van der Waals surface area contributed by atoms with Gasteiger partial charge in [0.25, 0.3) is 0 Å². The molecule has 1 aliphatic carbocycles. The van der Waals surface area contributed by atoms with Crippen molar-refractivity contribution in [3.63, 3.8) is 0 Å². The standard InChI is InChI=1S/C19H20N2O3/c1-23-17-10-7-15(12-20-21-19(22)16-8-9-16)11-18(17)24-13-14-5-3-2-4-6-14/h2-7,10-12,16H,8-9,13H2,1H3,(H,21,22)/b20-12+. The van der Waals surface area contributed by atoms with Crippen molar-refractivity contribution in [3.8, 4) is 11.5 Å². The van der Waals surface area contributed by atoms with Crippen LogP contribution in [0.1, 0.15) is 24.0 Å². The van der Waals surface area contributed by atoms with Gasteiger partial charge < -0.3 is 9.47 Å². The predicted octanol–water partition coefficient (Wildman–Crippen LogP) is 3.13. The van der Waals surface area contributed by atoms with Crippen LogP contribution in [0, 0.1) is 5.92 Å². The lowest BCUT2D eigenvalue weighted by molar-refractivity contribution is -0.122. The van der Waals surface area contributed by atoms with Crippen LogP contribution in [0.25, 0.3) is 0 Å². The van der Waals surface area contributed by atoms with Crippen molar-refractivity contribution in [1.82, 2.24) is 5.43 Å². The van der Waals surface area contributed by atoms with Gasteiger partial charge in [0.2, 0.25) is 5.91 Å². The van der Waals surface area contributed by atoms with E-state index in [1.165, 1.54) is 0 Å². The second-order valence-corrected chi connectivity index (χ2v) is 5.69. The molecule has 2 aromatic carbocycles. The summed E-state index contributed by atoms with van der Waals surface area (Å²) in [5, 5.41) is 4.00. The summed E-state index contributed by atoms with van der Waals surface area (Å²) in [6.07, 6.45) is 3.53. The maximum absolute atomic E-state index is 11.6. The van der Waals surface area contributed by atoms with Crippen molar-refractivity contribution in [2.45, 2.75) is 19.4 Å². The Balaban J connectivity index is 1.65. The van der Waals surface area contributed by atoms with Gasteiger partial charge in [0.05, 0.1) is 13.3 Å². The van der Waals surface area contributed by atoms with Crippen LogP contribution < -0.4 is 14.9 Å². The van der Waals surface area contributed by atoms with Crippen LogP contribution in [-0.4, -0.2) is 19.2 Å². The Morgan fingerprint density at radius 1 is 1.21 bits per heavy atom. The van der Waals surface area contributed by atoms with Gasteiger partial charge in [-0.05, 0) is 42.2 Å². The molecule has 0 unspecified atom stereocenters. The fraction of sp³-hybridized carbons (Fsp3) is 0.263. The normalized spacial score (nSPS) is 13.7. The zero-order valence-electron chi connectivity index (χ0n) is 13.6. The van der Waals surface area contributed by atoms with Crippen molar-refractivity contribution in [2.24, 2.45) is 11.0 Å². The fourth-order valence-electron chi connectivity index (χ4n) is 2.23. The highest BCUT2D eigenvalue weighted by atomic mass is 16.5. The summed E-state index contributed by atoms with van der Waals surface area (Å²) in [6.45, 7) is 0.455. The number of benzene rings is 2. The maximum atomic E-state index is 11.6. The second kappa shape index (κ2) is 7.64. The Morgan fingerprint density at radius 3 is 2.71 bits per heavy atom. The molecular formula is C19H20N2O3. The smallest absolute Gasteiger partial charge is 0.243 e. The van der Waals surface area contributed by atoms with Gasteiger partial charge in [-0.2, -0.15) is 5.10 Å². The molecule has 1 fully saturated rings. The number of methoxy groups -OCH3 is 1. The molecule has 0 radical (unpaired) electrons. The lowest BCUT2D eigenvalue weighted by Crippen LogP contribution is -2.18. The van der Waals surface area contributed by atoms with Gasteiger partial charge in [-0.3, -0.25) is 4.79 Å². The molecule has 1 N–H and O–H groups in total. The van der Waals surface area contributed by atoms with E-state index in [0.717, 1.165) is 24.0 Å². The van der Waals surface area contributed by atoms with E-state index in [1.54, 1.807) is 13.3 Å². The third-order valence-electron chi connectivity index (χ3n) is 3.76. The van der Waals surface area contributed by atoms with Gasteiger partial charge in [-0.15, -0.1) is 0 Å². The molecular weight excluding hydrogens is 304 g/mol. The number of hydrazone groups is 1. The van der Waals surface area contributed by atoms with E-state index >= 15 is 0 Å². The predicted molar refractivity (Wildman–Crippen MR) is 92.2 cm³/mol. The summed E-state index contributed by atoms with van der Waals surface area (Å²) in [6, 6.07) is 15.5. The van der Waals surface area contributed by atoms with Crippen LogP contribution in [0.5, 0.6) is 11.5 Å². The maximum Gasteiger partial charge on any atom is 0.243 e. The average Bonchev–Trinajstić information content (AvgIpc) is 3.46. The first-order valence-corrected chi connectivity index (χ1v) is 7.94. The number of rotatable bonds is 7. The fourth-order valence-corrected chi connectivity index (χ4v) is 2.23. The van der Waals surface area contributed by atoms with Crippen LogP contribution in [0.2, 0.25) is 0 Å². The summed E-state index contributed by atoms with van der Waals surface area (Å²) in [7, 11) is 1.61. The number of hydrogen-bond donors (Lipinski definition) is 1. The molecule has 1 aliphatic rings. The topological polar surface area (TPSA) is 59.9 Å². The van der Waals surface area contributed by atoms with Gasteiger partial charge >= 0.3 is 0 Å². The van der Waals surface area contributed by atoms with Crippen molar-refractivity contribution in [1.29, 1.82) is 0 Å². The Labute approximate surface area is 141 Å². The SMILES string of the molecule is COc1ccc(/C=N/NC(=O)C2CC2)cc1OCc1ccccc1. The van der Waals surface area contributed by atoms with Crippen LogP contribution in [-0.2, 0) is 11.4 Å². The van der Waals surface area contributed by atoms with E-state index in [1.807, 2.05) is 48.5 Å². The number of hydrogen-bond acceptors (Lipinski definition) is 4. The molecule has 0 bridgehead atoms. The van der Waals surface area contributed by atoms with Crippen LogP contribution in [0.4, 0.5) is 0 Å². The number of nitrogens with zero attached hydrogens (tertiary/aromatic N) is 1. The van der Waals surface area contributed by atoms with E-state index in [0.29, 0.717) is 18.1 Å². The van der Waals surface area contributed by atoms with Gasteiger partial charge in [0, 0.05) is 5.92 Å². The molecule has 1 saturated carbocycles. The van der Waals surface area contributed by atoms with Crippen LogP contribution in [0.15, 0.2) is 53.6 Å². The number of ether oxygens (including phenoxy) is 2. The summed E-state index contributed by atoms with van der Waals surface area (Å²) >= 11 is 0. The molecule has 0 spiro atoms. The highest BCUT2D eigenvalue weighted by molar-refractivity contribution is 5.84. The molecule has 0 heterocycles. The number of carbonyl (C=O) groups is 1. The van der Waals surface area contributed by atoms with Gasteiger partial charge in [-0.1, -0.05) is 30.3 Å². The molecule has 0 aromatic heterocycles. The second-order valence-electron chi connectivity index (χ2n) is 5.69. The summed E-state index contributed by atoms with van der Waals surface area (Å²) in [5.74, 6) is 1.42. The summed E-state index contributed by atoms with van der Waals surface area (Å²) in [4.78, 5) is 11.6. The Bertz CT molecular complexity index is 725. The molecule has 0 aliphatic heterocycles. The minimum Gasteiger partial charge on any atom is -0.493 e. The van der Waals surface area contributed by atoms with Crippen molar-refractivity contribution >= 4 is 12.1 Å². The average molecular weight is 324 g/mol. The Morgan fingerprint density at radius 2 is 2.00 bits per heavy atom. The molecule has 1 amide bonds. The van der Waals surface area contributed by atoms with Gasteiger partial charge in [-0.25, -0.2) is 5.43 Å². The van der Waals surface area contributed by atoms with Crippen molar-refractivity contribution in [2.75, 3.05) is 7.11 Å². The third-order valence-corrected chi connectivity index (χ3v) is 3.76. The van der Waals surface area contributed by atoms with Gasteiger partial charge in [0.1, 0.15) is 6.61 Å². The summed E-state index contributed by atoms with van der Waals surface area (Å²) < 4.78 is 11.2. The van der Waals surface area contributed by atoms with Gasteiger partial charge in [0.15, 0.2) is 11.5 Å². The minimum atomic E-state index is -0.0136. The van der Waals surface area contributed by atoms with Crippen LogP contribution >= 0.6 is 0 Å². The molecule has 3 rings (SSSR count). The first-order valence-electron chi connectivity index (χ1n) is 7.94. The number of nitrogens with one attached hydrogen (secondary N) is 1. The molecule has 5 nitrogen and oxygen atoms in total. The molecule has 124 valence electrons. The van der Waals surface area contributed by atoms with E-state index in [9.17, 15) is 4.79 Å². The first-order chi connectivity index (χ1) is 11.8. The first kappa shape index (κ1) is 16.1. The number of amides is 1. The zero-order chi connectivity index (χ0) is 16.8. The van der Waals surface area contributed by atoms with Crippen LogP contribution in [0.3, 0.4) is 0 Å². The molecule has 0 saturated heterocycles. The van der Waals surface area contributed by atoms with Crippen molar-refractivity contribution in [3.05, 3.63) is 59.7 Å². The Kier molecular flexibility index (Phi) is 5.11. The lowest BCUT2D eigenvalue weighted by Gasteiger charge is -2.11. The Hall–Kier alpha value is -2.82. The quantitative estimate of drug-likeness (QED) is 0.629. The molecule has 0 atom stereocenters. The molecule has 24 heavy (non-hydrogen) atoms. The third kappa shape index (κ3) is 4.35. The lowest BCUT2D eigenvalue weighted by atomic mass is 10.2. The monoisotopic (exact) mass is 324 g/mol. The summed E-state index contributed by atoms with van der Waals surface area (Å²) in [5.41, 5.74) is 4.47. The van der Waals surface area contributed by atoms with E-state index in [-0.39, 0.29) is 11.8 Å². The molecule has 2 aromatic rings. The van der Waals surface area contributed by atoms with Crippen molar-refractivity contribution < 1.29 is 14.3 Å². The largest absolute Gasteiger partial charge is 0.493 e. The number of carbonyl (C=O) groups excluding carboxylic acids is 1. The highest BCUT2D eigenvalue weighted by Gasteiger charge is 2.29. The highest BCUT2D eigenvalue weighted by Crippen LogP contribution is 2.29. The zero-order valence-corrected chi connectivity index (χ0v) is 13.6. The van der Waals surface area contributed by atoms with E-state index in [2.05, 4.69) is 10.5 Å². The van der Waals surface area contributed by atoms with E-state index < -0.39 is 0 Å².